The van der Waals surface area contributed by atoms with Crippen molar-refractivity contribution in [3.63, 3.8) is 0 Å². The maximum absolute atomic E-state index is 12.3. The highest BCUT2D eigenvalue weighted by Crippen LogP contribution is 2.42. The van der Waals surface area contributed by atoms with Gasteiger partial charge in [-0.05, 0) is 46.2 Å². The number of fused-ring (bicyclic) bond motifs is 1. The Hall–Kier alpha value is -3.41. The third-order valence-electron chi connectivity index (χ3n) is 6.06. The van der Waals surface area contributed by atoms with Gasteiger partial charge < -0.3 is 24.0 Å². The number of aromatic nitrogens is 4. The first-order chi connectivity index (χ1) is 16.9. The van der Waals surface area contributed by atoms with Gasteiger partial charge in [-0.2, -0.15) is 0 Å². The Balaban J connectivity index is 1.70. The first-order valence-electron chi connectivity index (χ1n) is 11.4. The highest BCUT2D eigenvalue weighted by molar-refractivity contribution is 9.10. The van der Waals surface area contributed by atoms with Crippen LogP contribution in [-0.4, -0.2) is 62.5 Å². The molecule has 1 aliphatic rings. The largest absolute Gasteiger partial charge is 0.495 e. The number of nitrogens with one attached hydrogen (secondary N) is 1. The average molecular weight is 561 g/mol. The van der Waals surface area contributed by atoms with Crippen LogP contribution < -0.4 is 15.0 Å². The first-order valence-corrected chi connectivity index (χ1v) is 12.2. The van der Waals surface area contributed by atoms with Crippen LogP contribution in [0.4, 0.5) is 16.3 Å². The van der Waals surface area contributed by atoms with Crippen LogP contribution in [0.25, 0.3) is 11.2 Å². The summed E-state index contributed by atoms with van der Waals surface area (Å²) in [5, 5.41) is 12.4. The Morgan fingerprint density at radius 1 is 1.25 bits per heavy atom. The number of halogens is 1. The monoisotopic (exact) mass is 560 g/mol. The molecule has 1 atom stereocenters. The van der Waals surface area contributed by atoms with E-state index in [-0.39, 0.29) is 5.82 Å². The van der Waals surface area contributed by atoms with Crippen molar-refractivity contribution in [1.82, 2.24) is 19.5 Å². The fourth-order valence-electron chi connectivity index (χ4n) is 4.24. The van der Waals surface area contributed by atoms with E-state index in [0.29, 0.717) is 43.0 Å². The van der Waals surface area contributed by atoms with Gasteiger partial charge in [0, 0.05) is 23.1 Å². The van der Waals surface area contributed by atoms with Crippen molar-refractivity contribution in [2.45, 2.75) is 46.3 Å². The van der Waals surface area contributed by atoms with Crippen molar-refractivity contribution >= 4 is 50.7 Å². The van der Waals surface area contributed by atoms with E-state index in [9.17, 15) is 14.7 Å². The van der Waals surface area contributed by atoms with Crippen molar-refractivity contribution in [3.8, 4) is 5.75 Å². The zero-order valence-corrected chi connectivity index (χ0v) is 22.4. The molecule has 1 unspecified atom stereocenters. The molecule has 1 aliphatic heterocycles. The van der Waals surface area contributed by atoms with Gasteiger partial charge in [-0.1, -0.05) is 15.9 Å². The summed E-state index contributed by atoms with van der Waals surface area (Å²) >= 11 is 3.66. The number of carboxylic acid groups (broad SMARTS) is 1. The van der Waals surface area contributed by atoms with Gasteiger partial charge in [0.25, 0.3) is 0 Å². The molecular weight excluding hydrogens is 532 g/mol. The number of methoxy groups -OCH3 is 1. The Kier molecular flexibility index (Phi) is 6.82. The number of benzene rings is 1. The van der Waals surface area contributed by atoms with E-state index in [1.165, 1.54) is 6.33 Å². The van der Waals surface area contributed by atoms with Gasteiger partial charge in [0.15, 0.2) is 17.0 Å². The molecule has 3 heterocycles. The summed E-state index contributed by atoms with van der Waals surface area (Å²) in [6.45, 7) is 8.41. The van der Waals surface area contributed by atoms with Crippen LogP contribution in [0.1, 0.15) is 39.7 Å². The number of anilines is 2. The molecule has 2 N–H and O–H groups in total. The third-order valence-corrected chi connectivity index (χ3v) is 6.81. The molecule has 0 bridgehead atoms. The quantitative estimate of drug-likeness (QED) is 0.452. The highest BCUT2D eigenvalue weighted by atomic mass is 79.9. The summed E-state index contributed by atoms with van der Waals surface area (Å²) < 4.78 is 13.7. The average Bonchev–Trinajstić information content (AvgIpc) is 3.39. The number of ether oxygens (including phenoxy) is 2. The fourth-order valence-corrected chi connectivity index (χ4v) is 4.68. The van der Waals surface area contributed by atoms with E-state index >= 15 is 0 Å². The maximum atomic E-state index is 12.3. The second-order valence-electron chi connectivity index (χ2n) is 10.0. The van der Waals surface area contributed by atoms with Gasteiger partial charge in [0.2, 0.25) is 0 Å². The van der Waals surface area contributed by atoms with Crippen molar-refractivity contribution in [2.75, 3.05) is 30.4 Å². The molecule has 36 heavy (non-hydrogen) atoms. The topological polar surface area (TPSA) is 132 Å². The molecular formula is C24H29BrN6O5. The number of imidazole rings is 1. The van der Waals surface area contributed by atoms with Gasteiger partial charge in [-0.25, -0.2) is 19.7 Å². The number of hydrogen-bond donors (Lipinski definition) is 2. The van der Waals surface area contributed by atoms with Crippen LogP contribution in [0.15, 0.2) is 29.3 Å². The summed E-state index contributed by atoms with van der Waals surface area (Å²) in [6.07, 6.45) is 2.87. The smallest absolute Gasteiger partial charge is 0.413 e. The van der Waals surface area contributed by atoms with Crippen molar-refractivity contribution < 1.29 is 24.2 Å². The zero-order valence-electron chi connectivity index (χ0n) is 20.8. The minimum atomic E-state index is -0.845. The molecule has 3 aromatic rings. The molecule has 12 heteroatoms. The number of nitrogens with zero attached hydrogens (tertiary/aromatic N) is 5. The number of carbonyl (C=O) groups is 2. The number of hydrogen-bond acceptors (Lipinski definition) is 8. The Morgan fingerprint density at radius 3 is 2.64 bits per heavy atom. The lowest BCUT2D eigenvalue weighted by molar-refractivity contribution is -0.146. The number of carboxylic acids is 1. The lowest BCUT2D eigenvalue weighted by Crippen LogP contribution is -2.32. The second-order valence-corrected chi connectivity index (χ2v) is 10.9. The number of amides is 1. The van der Waals surface area contributed by atoms with Gasteiger partial charge in [-0.15, -0.1) is 0 Å². The lowest BCUT2D eigenvalue weighted by atomic mass is 9.90. The molecule has 11 nitrogen and oxygen atoms in total. The van der Waals surface area contributed by atoms with Crippen LogP contribution >= 0.6 is 15.9 Å². The van der Waals surface area contributed by atoms with Crippen LogP contribution in [0, 0.1) is 5.41 Å². The normalized spacial score (nSPS) is 17.9. The van der Waals surface area contributed by atoms with Gasteiger partial charge >= 0.3 is 12.1 Å². The molecule has 1 saturated heterocycles. The molecule has 1 fully saturated rings. The van der Waals surface area contributed by atoms with E-state index in [1.54, 1.807) is 41.1 Å². The van der Waals surface area contributed by atoms with E-state index in [0.717, 1.165) is 15.7 Å². The van der Waals surface area contributed by atoms with Crippen molar-refractivity contribution in [3.05, 3.63) is 34.8 Å². The summed E-state index contributed by atoms with van der Waals surface area (Å²) in [5.41, 5.74) is 1.15. The Labute approximate surface area is 217 Å². The second kappa shape index (κ2) is 9.57. The van der Waals surface area contributed by atoms with Gasteiger partial charge in [0.1, 0.15) is 17.7 Å². The number of aliphatic carboxylic acids is 1. The summed E-state index contributed by atoms with van der Waals surface area (Å²) in [4.78, 5) is 39.2. The third kappa shape index (κ3) is 5.08. The van der Waals surface area contributed by atoms with Crippen LogP contribution in [0.5, 0.6) is 5.75 Å². The van der Waals surface area contributed by atoms with Gasteiger partial charge in [0.05, 0.1) is 31.1 Å². The maximum Gasteiger partial charge on any atom is 0.413 e. The van der Waals surface area contributed by atoms with Crippen LogP contribution in [0.3, 0.4) is 0 Å². The van der Waals surface area contributed by atoms with Crippen molar-refractivity contribution in [1.29, 1.82) is 0 Å². The number of carbonyl (C=O) groups excluding carboxylic acids is 1. The Morgan fingerprint density at radius 2 is 2.00 bits per heavy atom. The SMILES string of the molecule is COc1ccc(Br)c(Cn2cnc3c(NC(=O)OC(C)(C)C)ncnc32)c1N1CCC(C)(C(=O)O)C1. The predicted molar refractivity (Wildman–Crippen MR) is 138 cm³/mol. The Bertz CT molecular complexity index is 1320. The molecule has 1 aromatic carbocycles. The molecule has 0 saturated carbocycles. The van der Waals surface area contributed by atoms with Crippen LogP contribution in [0.2, 0.25) is 0 Å². The summed E-state index contributed by atoms with van der Waals surface area (Å²) in [5.74, 6) is 0.0756. The lowest BCUT2D eigenvalue weighted by Gasteiger charge is -2.27. The minimum Gasteiger partial charge on any atom is -0.495 e. The summed E-state index contributed by atoms with van der Waals surface area (Å²) in [6, 6.07) is 3.75. The molecule has 0 aliphatic carbocycles. The van der Waals surface area contributed by atoms with Crippen LogP contribution in [-0.2, 0) is 16.1 Å². The predicted octanol–water partition coefficient (Wildman–Crippen LogP) is 4.29. The molecule has 0 spiro atoms. The zero-order chi connectivity index (χ0) is 26.3. The van der Waals surface area contributed by atoms with E-state index in [4.69, 9.17) is 9.47 Å². The number of rotatable bonds is 6. The first kappa shape index (κ1) is 25.7. The molecule has 4 rings (SSSR count). The van der Waals surface area contributed by atoms with E-state index in [2.05, 4.69) is 41.1 Å². The van der Waals surface area contributed by atoms with E-state index in [1.807, 2.05) is 16.7 Å². The minimum absolute atomic E-state index is 0.245. The van der Waals surface area contributed by atoms with Crippen molar-refractivity contribution in [2.24, 2.45) is 5.41 Å². The fraction of sp³-hybridized carbons (Fsp3) is 0.458. The molecule has 192 valence electrons. The molecule has 0 radical (unpaired) electrons. The summed E-state index contributed by atoms with van der Waals surface area (Å²) in [7, 11) is 1.59. The van der Waals surface area contributed by atoms with Gasteiger partial charge in [-0.3, -0.25) is 10.1 Å². The standard InChI is InChI=1S/C24H29BrN6O5/c1-23(2,3)36-22(34)29-19-17-20(27-12-26-19)31(13-28-17)10-14-15(25)6-7-16(35-5)18(14)30-9-8-24(4,11-30)21(32)33/h6-7,12-13H,8-11H2,1-5H3,(H,32,33)(H,26,27,29,34). The highest BCUT2D eigenvalue weighted by Gasteiger charge is 2.42. The van der Waals surface area contributed by atoms with E-state index < -0.39 is 23.1 Å². The molecule has 2 aromatic heterocycles. The molecule has 1 amide bonds.